The third-order valence-electron chi connectivity index (χ3n) is 4.08. The van der Waals surface area contributed by atoms with Crippen LogP contribution in [0.3, 0.4) is 0 Å². The molecule has 1 heterocycles. The molecule has 0 saturated carbocycles. The number of hydrogen-bond donors (Lipinski definition) is 2. The summed E-state index contributed by atoms with van der Waals surface area (Å²) in [5.41, 5.74) is 12.7. The zero-order valence-electron chi connectivity index (χ0n) is 12.8. The summed E-state index contributed by atoms with van der Waals surface area (Å²) >= 11 is 0. The number of para-hydroxylation sites is 1. The Kier molecular flexibility index (Phi) is 3.08. The van der Waals surface area contributed by atoms with Gasteiger partial charge in [0.1, 0.15) is 0 Å². The average Bonchev–Trinajstić information content (AvgIpc) is 2.36. The van der Waals surface area contributed by atoms with Crippen molar-refractivity contribution in [1.29, 1.82) is 5.41 Å². The van der Waals surface area contributed by atoms with Gasteiger partial charge in [0.15, 0.2) is 0 Å². The molecule has 2 aromatic rings. The van der Waals surface area contributed by atoms with Gasteiger partial charge in [0.25, 0.3) is 0 Å². The maximum Gasteiger partial charge on any atom is 0.0508 e. The molecule has 0 unspecified atom stereocenters. The van der Waals surface area contributed by atoms with Crippen LogP contribution in [0.2, 0.25) is 0 Å². The molecule has 3 nitrogen and oxygen atoms in total. The molecule has 3 N–H and O–H groups in total. The number of rotatable bonds is 1. The van der Waals surface area contributed by atoms with Crippen LogP contribution in [0, 0.1) is 17.7 Å². The number of nitrogens with one attached hydrogen (secondary N) is 1. The van der Waals surface area contributed by atoms with Crippen molar-refractivity contribution in [2.75, 3.05) is 5.73 Å². The van der Waals surface area contributed by atoms with Crippen molar-refractivity contribution < 1.29 is 0 Å². The number of benzene rings is 1. The highest BCUT2D eigenvalue weighted by molar-refractivity contribution is 6.07. The van der Waals surface area contributed by atoms with Crippen LogP contribution in [0.4, 0.5) is 5.69 Å². The van der Waals surface area contributed by atoms with E-state index in [0.717, 1.165) is 46.6 Å². The summed E-state index contributed by atoms with van der Waals surface area (Å²) in [6.07, 6.45) is 1.69. The minimum absolute atomic E-state index is 0.102. The first-order valence-electron chi connectivity index (χ1n) is 7.30. The molecule has 1 aromatic carbocycles. The molecule has 21 heavy (non-hydrogen) atoms. The minimum atomic E-state index is 0.102. The van der Waals surface area contributed by atoms with Crippen LogP contribution in [-0.2, 0) is 6.42 Å². The molecule has 0 fully saturated rings. The number of nitrogen functional groups attached to an aromatic ring is 1. The van der Waals surface area contributed by atoms with E-state index in [2.05, 4.69) is 19.9 Å². The van der Waals surface area contributed by atoms with Gasteiger partial charge in [-0.1, -0.05) is 32.0 Å². The van der Waals surface area contributed by atoms with Gasteiger partial charge >= 0.3 is 0 Å². The Labute approximate surface area is 125 Å². The predicted molar refractivity (Wildman–Crippen MR) is 87.8 cm³/mol. The summed E-state index contributed by atoms with van der Waals surface area (Å²) in [7, 11) is 0. The monoisotopic (exact) mass is 279 g/mol. The molecule has 0 radical (unpaired) electrons. The molecule has 0 spiro atoms. The zero-order valence-corrected chi connectivity index (χ0v) is 12.8. The molecular weight excluding hydrogens is 258 g/mol. The van der Waals surface area contributed by atoms with Gasteiger partial charge in [0, 0.05) is 28.2 Å². The van der Waals surface area contributed by atoms with Crippen LogP contribution in [0.1, 0.15) is 37.2 Å². The Morgan fingerprint density at radius 3 is 2.57 bits per heavy atom. The normalized spacial score (nSPS) is 16.6. The Bertz CT molecular complexity index is 729. The van der Waals surface area contributed by atoms with E-state index in [0.29, 0.717) is 5.71 Å². The van der Waals surface area contributed by atoms with Gasteiger partial charge in [-0.15, -0.1) is 0 Å². The Hall–Kier alpha value is -2.16. The number of fused-ring (bicyclic) bond motifs is 1. The van der Waals surface area contributed by atoms with Gasteiger partial charge in [-0.3, -0.25) is 4.98 Å². The lowest BCUT2D eigenvalue weighted by Crippen LogP contribution is -2.28. The van der Waals surface area contributed by atoms with Gasteiger partial charge in [-0.05, 0) is 42.9 Å². The van der Waals surface area contributed by atoms with E-state index in [1.54, 1.807) is 0 Å². The van der Waals surface area contributed by atoms with Gasteiger partial charge in [0.05, 0.1) is 5.69 Å². The second-order valence-electron chi connectivity index (χ2n) is 6.72. The minimum Gasteiger partial charge on any atom is -0.398 e. The molecule has 0 saturated heterocycles. The van der Waals surface area contributed by atoms with Crippen LogP contribution < -0.4 is 5.73 Å². The first-order chi connectivity index (χ1) is 9.87. The van der Waals surface area contributed by atoms with Crippen molar-refractivity contribution in [2.24, 2.45) is 5.41 Å². The lowest BCUT2D eigenvalue weighted by molar-refractivity contribution is 0.367. The molecule has 3 heteroatoms. The standard InChI is InChI=1S/C18H21N3/c1-11-8-13(12-6-4-5-7-14(12)19)17-15(20)9-18(2,3)10-16(17)21-11/h4-8,20H,9-10,19H2,1-3H3. The van der Waals surface area contributed by atoms with Gasteiger partial charge in [0.2, 0.25) is 0 Å². The lowest BCUT2D eigenvalue weighted by atomic mass is 9.73. The first-order valence-corrected chi connectivity index (χ1v) is 7.30. The van der Waals surface area contributed by atoms with E-state index in [1.807, 2.05) is 31.2 Å². The fraction of sp³-hybridized carbons (Fsp3) is 0.333. The van der Waals surface area contributed by atoms with Crippen molar-refractivity contribution in [1.82, 2.24) is 4.98 Å². The molecule has 1 aromatic heterocycles. The molecule has 0 amide bonds. The van der Waals surface area contributed by atoms with Crippen LogP contribution >= 0.6 is 0 Å². The maximum atomic E-state index is 8.48. The highest BCUT2D eigenvalue weighted by Gasteiger charge is 2.32. The summed E-state index contributed by atoms with van der Waals surface area (Å²) < 4.78 is 0. The molecule has 0 bridgehead atoms. The zero-order chi connectivity index (χ0) is 15.2. The highest BCUT2D eigenvalue weighted by Crippen LogP contribution is 2.39. The van der Waals surface area contributed by atoms with Crippen molar-refractivity contribution in [2.45, 2.75) is 33.6 Å². The van der Waals surface area contributed by atoms with Crippen molar-refractivity contribution in [3.05, 3.63) is 47.3 Å². The SMILES string of the molecule is Cc1cc(-c2ccccc2N)c2c(n1)CC(C)(C)CC2=N. The highest BCUT2D eigenvalue weighted by atomic mass is 14.7. The smallest absolute Gasteiger partial charge is 0.0508 e. The van der Waals surface area contributed by atoms with Crippen LogP contribution in [-0.4, -0.2) is 10.7 Å². The van der Waals surface area contributed by atoms with E-state index in [4.69, 9.17) is 16.1 Å². The quantitative estimate of drug-likeness (QED) is 0.775. The third kappa shape index (κ3) is 2.44. The van der Waals surface area contributed by atoms with Crippen molar-refractivity contribution in [3.63, 3.8) is 0 Å². The summed E-state index contributed by atoms with van der Waals surface area (Å²) in [5, 5.41) is 8.48. The number of pyridine rings is 1. The Morgan fingerprint density at radius 2 is 1.86 bits per heavy atom. The largest absolute Gasteiger partial charge is 0.398 e. The van der Waals surface area contributed by atoms with E-state index in [9.17, 15) is 0 Å². The van der Waals surface area contributed by atoms with Gasteiger partial charge in [-0.25, -0.2) is 0 Å². The molecule has 0 atom stereocenters. The van der Waals surface area contributed by atoms with Crippen LogP contribution in [0.25, 0.3) is 11.1 Å². The third-order valence-corrected chi connectivity index (χ3v) is 4.08. The average molecular weight is 279 g/mol. The molecule has 3 rings (SSSR count). The topological polar surface area (TPSA) is 62.8 Å². The number of aromatic nitrogens is 1. The predicted octanol–water partition coefficient (Wildman–Crippen LogP) is 3.98. The molecular formula is C18H21N3. The molecule has 1 aliphatic rings. The number of hydrogen-bond acceptors (Lipinski definition) is 3. The lowest BCUT2D eigenvalue weighted by Gasteiger charge is -2.32. The fourth-order valence-corrected chi connectivity index (χ4v) is 3.24. The van der Waals surface area contributed by atoms with E-state index in [1.165, 1.54) is 0 Å². The van der Waals surface area contributed by atoms with Gasteiger partial charge < -0.3 is 11.1 Å². The van der Waals surface area contributed by atoms with Gasteiger partial charge in [-0.2, -0.15) is 0 Å². The number of anilines is 1. The summed E-state index contributed by atoms with van der Waals surface area (Å²) in [6, 6.07) is 9.92. The Balaban J connectivity index is 2.27. The van der Waals surface area contributed by atoms with E-state index < -0.39 is 0 Å². The van der Waals surface area contributed by atoms with Crippen molar-refractivity contribution in [3.8, 4) is 11.1 Å². The summed E-state index contributed by atoms with van der Waals surface area (Å²) in [4.78, 5) is 4.69. The van der Waals surface area contributed by atoms with E-state index >= 15 is 0 Å². The first kappa shape index (κ1) is 13.8. The second kappa shape index (κ2) is 4.69. The fourth-order valence-electron chi connectivity index (χ4n) is 3.24. The Morgan fingerprint density at radius 1 is 1.14 bits per heavy atom. The van der Waals surface area contributed by atoms with Crippen molar-refractivity contribution >= 4 is 11.4 Å². The maximum absolute atomic E-state index is 8.48. The second-order valence-corrected chi connectivity index (χ2v) is 6.72. The number of nitrogens with two attached hydrogens (primary N) is 1. The van der Waals surface area contributed by atoms with Crippen LogP contribution in [0.15, 0.2) is 30.3 Å². The van der Waals surface area contributed by atoms with Crippen LogP contribution in [0.5, 0.6) is 0 Å². The number of nitrogens with zero attached hydrogens (tertiary/aromatic N) is 1. The molecule has 108 valence electrons. The molecule has 0 aliphatic heterocycles. The summed E-state index contributed by atoms with van der Waals surface area (Å²) in [5.74, 6) is 0. The number of aryl methyl sites for hydroxylation is 1. The summed E-state index contributed by atoms with van der Waals surface area (Å²) in [6.45, 7) is 6.41. The molecule has 1 aliphatic carbocycles. The van der Waals surface area contributed by atoms with E-state index in [-0.39, 0.29) is 5.41 Å².